The molecule has 1 aliphatic carbocycles. The summed E-state index contributed by atoms with van der Waals surface area (Å²) in [5.41, 5.74) is 9.19. The summed E-state index contributed by atoms with van der Waals surface area (Å²) < 4.78 is 5.53. The van der Waals surface area contributed by atoms with Crippen LogP contribution in [0.1, 0.15) is 52.5 Å². The Kier molecular flexibility index (Phi) is 4.35. The monoisotopic (exact) mass is 316 g/mol. The lowest BCUT2D eigenvalue weighted by molar-refractivity contribution is 0.127. The van der Waals surface area contributed by atoms with Gasteiger partial charge in [-0.1, -0.05) is 26.8 Å². The second kappa shape index (κ2) is 6.01. The van der Waals surface area contributed by atoms with Crippen LogP contribution in [0, 0.1) is 10.8 Å². The zero-order chi connectivity index (χ0) is 16.7. The lowest BCUT2D eigenvalue weighted by Gasteiger charge is -2.40. The molecule has 3 rings (SSSR count). The number of nitrogen functional groups attached to an aromatic ring is 1. The van der Waals surface area contributed by atoms with Crippen molar-refractivity contribution in [1.29, 1.82) is 0 Å². The Morgan fingerprint density at radius 1 is 1.26 bits per heavy atom. The Labute approximate surface area is 141 Å². The smallest absolute Gasteiger partial charge is 0.142 e. The number of ether oxygens (including phenoxy) is 1. The highest BCUT2D eigenvalue weighted by molar-refractivity contribution is 5.54. The highest BCUT2D eigenvalue weighted by Gasteiger charge is 2.49. The minimum Gasteiger partial charge on any atom is -0.492 e. The first-order chi connectivity index (χ1) is 10.8. The van der Waals surface area contributed by atoms with Crippen molar-refractivity contribution in [3.05, 3.63) is 23.8 Å². The summed E-state index contributed by atoms with van der Waals surface area (Å²) in [6, 6.07) is 7.03. The van der Waals surface area contributed by atoms with E-state index in [4.69, 9.17) is 10.5 Å². The molecular weight excluding hydrogens is 284 g/mol. The SMILES string of the molecule is CCOc1ccc(CCN2CC3(C)CC2CC(C)(C)C3)cc1N. The van der Waals surface area contributed by atoms with Crippen molar-refractivity contribution in [3.63, 3.8) is 0 Å². The van der Waals surface area contributed by atoms with E-state index in [1.807, 2.05) is 13.0 Å². The molecule has 2 unspecified atom stereocenters. The Balaban J connectivity index is 1.62. The minimum absolute atomic E-state index is 0.496. The maximum Gasteiger partial charge on any atom is 0.142 e. The highest BCUT2D eigenvalue weighted by Crippen LogP contribution is 2.52. The summed E-state index contributed by atoms with van der Waals surface area (Å²) in [5, 5.41) is 0. The lowest BCUT2D eigenvalue weighted by Crippen LogP contribution is -2.35. The van der Waals surface area contributed by atoms with Gasteiger partial charge < -0.3 is 10.5 Å². The molecule has 0 aromatic heterocycles. The van der Waals surface area contributed by atoms with Crippen LogP contribution in [-0.4, -0.2) is 30.6 Å². The standard InChI is InChI=1S/C20H32N2O/c1-5-23-18-7-6-15(10-17(18)21)8-9-22-14-20(4)12-16(22)11-19(2,3)13-20/h6-7,10,16H,5,8-9,11-14,21H2,1-4H3. The topological polar surface area (TPSA) is 38.5 Å². The number of hydrogen-bond donors (Lipinski definition) is 1. The van der Waals surface area contributed by atoms with Gasteiger partial charge in [-0.3, -0.25) is 4.90 Å². The summed E-state index contributed by atoms with van der Waals surface area (Å²) in [7, 11) is 0. The van der Waals surface area contributed by atoms with E-state index in [0.29, 0.717) is 17.4 Å². The molecule has 0 amide bonds. The van der Waals surface area contributed by atoms with Gasteiger partial charge in [-0.05, 0) is 61.1 Å². The van der Waals surface area contributed by atoms with Gasteiger partial charge in [0, 0.05) is 19.1 Å². The Bertz CT molecular complexity index is 569. The molecule has 0 radical (unpaired) electrons. The van der Waals surface area contributed by atoms with E-state index in [1.165, 1.54) is 31.4 Å². The van der Waals surface area contributed by atoms with Gasteiger partial charge in [0.2, 0.25) is 0 Å². The highest BCUT2D eigenvalue weighted by atomic mass is 16.5. The number of benzene rings is 1. The summed E-state index contributed by atoms with van der Waals surface area (Å²) >= 11 is 0. The van der Waals surface area contributed by atoms with Gasteiger partial charge in [-0.15, -0.1) is 0 Å². The molecule has 1 aliphatic heterocycles. The predicted molar refractivity (Wildman–Crippen MR) is 96.8 cm³/mol. The minimum atomic E-state index is 0.496. The number of anilines is 1. The van der Waals surface area contributed by atoms with Crippen LogP contribution in [0.3, 0.4) is 0 Å². The molecule has 1 saturated heterocycles. The Morgan fingerprint density at radius 2 is 2.04 bits per heavy atom. The van der Waals surface area contributed by atoms with Gasteiger partial charge in [-0.25, -0.2) is 0 Å². The van der Waals surface area contributed by atoms with E-state index in [2.05, 4.69) is 37.8 Å². The normalized spacial score (nSPS) is 29.7. The number of rotatable bonds is 5. The molecule has 0 spiro atoms. The largest absolute Gasteiger partial charge is 0.492 e. The van der Waals surface area contributed by atoms with E-state index >= 15 is 0 Å². The second-order valence-electron chi connectivity index (χ2n) is 8.74. The van der Waals surface area contributed by atoms with Crippen molar-refractivity contribution in [3.8, 4) is 5.75 Å². The van der Waals surface area contributed by atoms with Crippen molar-refractivity contribution in [2.24, 2.45) is 10.8 Å². The van der Waals surface area contributed by atoms with Gasteiger partial charge in [0.25, 0.3) is 0 Å². The summed E-state index contributed by atoms with van der Waals surface area (Å²) in [6.45, 7) is 12.4. The number of fused-ring (bicyclic) bond motifs is 2. The molecule has 23 heavy (non-hydrogen) atoms. The van der Waals surface area contributed by atoms with Crippen molar-refractivity contribution < 1.29 is 4.74 Å². The zero-order valence-corrected chi connectivity index (χ0v) is 15.2. The molecule has 1 heterocycles. The molecule has 3 heteroatoms. The van der Waals surface area contributed by atoms with Gasteiger partial charge in [0.15, 0.2) is 0 Å². The Morgan fingerprint density at radius 3 is 2.74 bits per heavy atom. The quantitative estimate of drug-likeness (QED) is 0.831. The lowest BCUT2D eigenvalue weighted by atomic mass is 9.65. The molecule has 2 bridgehead atoms. The molecule has 128 valence electrons. The third kappa shape index (κ3) is 3.65. The summed E-state index contributed by atoms with van der Waals surface area (Å²) in [6.07, 6.45) is 5.16. The summed E-state index contributed by atoms with van der Waals surface area (Å²) in [4.78, 5) is 2.72. The maximum atomic E-state index is 6.09. The molecule has 2 N–H and O–H groups in total. The number of nitrogens with two attached hydrogens (primary N) is 1. The van der Waals surface area contributed by atoms with Crippen LogP contribution in [-0.2, 0) is 6.42 Å². The average Bonchev–Trinajstić information content (AvgIpc) is 2.68. The van der Waals surface area contributed by atoms with Gasteiger partial charge in [-0.2, -0.15) is 0 Å². The molecule has 1 saturated carbocycles. The van der Waals surface area contributed by atoms with E-state index < -0.39 is 0 Å². The number of hydrogen-bond acceptors (Lipinski definition) is 3. The van der Waals surface area contributed by atoms with Crippen LogP contribution in [0.25, 0.3) is 0 Å². The molecule has 1 aromatic carbocycles. The van der Waals surface area contributed by atoms with Crippen molar-refractivity contribution >= 4 is 5.69 Å². The van der Waals surface area contributed by atoms with Crippen LogP contribution in [0.2, 0.25) is 0 Å². The van der Waals surface area contributed by atoms with Gasteiger partial charge in [0.1, 0.15) is 5.75 Å². The van der Waals surface area contributed by atoms with Crippen LogP contribution < -0.4 is 10.5 Å². The molecule has 2 fully saturated rings. The van der Waals surface area contributed by atoms with Crippen molar-refractivity contribution in [1.82, 2.24) is 4.90 Å². The van der Waals surface area contributed by atoms with Crippen LogP contribution in [0.4, 0.5) is 5.69 Å². The third-order valence-corrected chi connectivity index (χ3v) is 5.58. The van der Waals surface area contributed by atoms with Crippen molar-refractivity contribution in [2.45, 2.75) is 59.4 Å². The first-order valence-electron chi connectivity index (χ1n) is 9.06. The van der Waals surface area contributed by atoms with E-state index in [0.717, 1.165) is 30.4 Å². The first-order valence-corrected chi connectivity index (χ1v) is 9.06. The van der Waals surface area contributed by atoms with Gasteiger partial charge in [0.05, 0.1) is 12.3 Å². The van der Waals surface area contributed by atoms with Crippen LogP contribution >= 0.6 is 0 Å². The molecule has 2 atom stereocenters. The van der Waals surface area contributed by atoms with Crippen LogP contribution in [0.5, 0.6) is 5.75 Å². The Hall–Kier alpha value is -1.22. The summed E-state index contributed by atoms with van der Waals surface area (Å²) in [5.74, 6) is 0.808. The molecular formula is C20H32N2O. The first kappa shape index (κ1) is 16.6. The number of likely N-dealkylation sites (tertiary alicyclic amines) is 1. The molecule has 3 nitrogen and oxygen atoms in total. The van der Waals surface area contributed by atoms with Crippen LogP contribution in [0.15, 0.2) is 18.2 Å². The maximum absolute atomic E-state index is 6.09. The van der Waals surface area contributed by atoms with E-state index in [1.54, 1.807) is 0 Å². The number of nitrogens with zero attached hydrogens (tertiary/aromatic N) is 1. The fraction of sp³-hybridized carbons (Fsp3) is 0.700. The fourth-order valence-corrected chi connectivity index (χ4v) is 5.15. The fourth-order valence-electron chi connectivity index (χ4n) is 5.15. The van der Waals surface area contributed by atoms with Crippen molar-refractivity contribution in [2.75, 3.05) is 25.4 Å². The second-order valence-corrected chi connectivity index (χ2v) is 8.74. The predicted octanol–water partition coefficient (Wildman–Crippen LogP) is 4.11. The third-order valence-electron chi connectivity index (χ3n) is 5.58. The molecule has 2 aliphatic rings. The molecule has 1 aromatic rings. The average molecular weight is 316 g/mol. The van der Waals surface area contributed by atoms with Gasteiger partial charge >= 0.3 is 0 Å². The zero-order valence-electron chi connectivity index (χ0n) is 15.2. The van der Waals surface area contributed by atoms with E-state index in [-0.39, 0.29) is 0 Å². The van der Waals surface area contributed by atoms with E-state index in [9.17, 15) is 0 Å².